The molecule has 1 saturated carbocycles. The summed E-state index contributed by atoms with van der Waals surface area (Å²) in [5.74, 6) is 0.435. The van der Waals surface area contributed by atoms with Gasteiger partial charge >= 0.3 is 0 Å². The minimum absolute atomic E-state index is 0.00977. The molecule has 1 aromatic heterocycles. The molecule has 1 aliphatic rings. The molecule has 4 nitrogen and oxygen atoms in total. The molecule has 0 bridgehead atoms. The minimum Gasteiger partial charge on any atom is -0.361 e. The van der Waals surface area contributed by atoms with Crippen LogP contribution < -0.4 is 11.1 Å². The third kappa shape index (κ3) is 2.24. The third-order valence-corrected chi connectivity index (χ3v) is 4.12. The normalized spacial score (nSPS) is 22.8. The summed E-state index contributed by atoms with van der Waals surface area (Å²) in [6, 6.07) is 7.93. The monoisotopic (exact) mass is 257 g/mol. The standard InChI is InChI=1S/C15H19N3O/c16-9-10-3-1-5-13(10)18-15(19)12-4-2-6-14-11(12)7-8-17-14/h2,4,6-8,10,13,17H,1,3,5,9,16H2,(H,18,19). The van der Waals surface area contributed by atoms with Crippen molar-refractivity contribution in [1.29, 1.82) is 0 Å². The van der Waals surface area contributed by atoms with E-state index in [1.54, 1.807) is 0 Å². The molecule has 4 heteroatoms. The van der Waals surface area contributed by atoms with Crippen LogP contribution in [0, 0.1) is 5.92 Å². The van der Waals surface area contributed by atoms with Gasteiger partial charge in [0.2, 0.25) is 0 Å². The zero-order valence-corrected chi connectivity index (χ0v) is 10.9. The van der Waals surface area contributed by atoms with Gasteiger partial charge in [0, 0.05) is 28.7 Å². The van der Waals surface area contributed by atoms with Gasteiger partial charge in [-0.05, 0) is 43.5 Å². The van der Waals surface area contributed by atoms with Crippen molar-refractivity contribution in [2.75, 3.05) is 6.54 Å². The number of nitrogens with two attached hydrogens (primary N) is 1. The zero-order chi connectivity index (χ0) is 13.2. The zero-order valence-electron chi connectivity index (χ0n) is 10.9. The molecule has 1 heterocycles. The largest absolute Gasteiger partial charge is 0.361 e. The van der Waals surface area contributed by atoms with Crippen LogP contribution in [-0.4, -0.2) is 23.5 Å². The number of hydrogen-bond donors (Lipinski definition) is 3. The molecule has 19 heavy (non-hydrogen) atoms. The number of nitrogens with one attached hydrogen (secondary N) is 2. The fourth-order valence-corrected chi connectivity index (χ4v) is 3.04. The van der Waals surface area contributed by atoms with Crippen LogP contribution in [0.3, 0.4) is 0 Å². The van der Waals surface area contributed by atoms with Crippen molar-refractivity contribution in [2.45, 2.75) is 25.3 Å². The molecule has 2 atom stereocenters. The lowest BCUT2D eigenvalue weighted by Crippen LogP contribution is -2.39. The summed E-state index contributed by atoms with van der Waals surface area (Å²) in [4.78, 5) is 15.5. The van der Waals surface area contributed by atoms with Gasteiger partial charge in [0.15, 0.2) is 0 Å². The van der Waals surface area contributed by atoms with E-state index in [1.807, 2.05) is 30.5 Å². The van der Waals surface area contributed by atoms with Gasteiger partial charge in [-0.2, -0.15) is 0 Å². The Hall–Kier alpha value is -1.81. The number of carbonyl (C=O) groups excluding carboxylic acids is 1. The van der Waals surface area contributed by atoms with Gasteiger partial charge in [0.25, 0.3) is 5.91 Å². The number of aromatic nitrogens is 1. The van der Waals surface area contributed by atoms with Crippen LogP contribution in [0.2, 0.25) is 0 Å². The number of aromatic amines is 1. The Balaban J connectivity index is 1.82. The van der Waals surface area contributed by atoms with Crippen LogP contribution in [0.15, 0.2) is 30.5 Å². The Morgan fingerprint density at radius 1 is 1.37 bits per heavy atom. The molecule has 1 fully saturated rings. The van der Waals surface area contributed by atoms with Gasteiger partial charge in [-0.3, -0.25) is 4.79 Å². The molecule has 1 aliphatic carbocycles. The smallest absolute Gasteiger partial charge is 0.252 e. The first kappa shape index (κ1) is 12.2. The number of hydrogen-bond acceptors (Lipinski definition) is 2. The summed E-state index contributed by atoms with van der Waals surface area (Å²) < 4.78 is 0. The number of rotatable bonds is 3. The van der Waals surface area contributed by atoms with Crippen molar-refractivity contribution >= 4 is 16.8 Å². The Morgan fingerprint density at radius 2 is 2.26 bits per heavy atom. The number of fused-ring (bicyclic) bond motifs is 1. The quantitative estimate of drug-likeness (QED) is 0.787. The van der Waals surface area contributed by atoms with Gasteiger partial charge in [-0.25, -0.2) is 0 Å². The van der Waals surface area contributed by atoms with Crippen LogP contribution >= 0.6 is 0 Å². The van der Waals surface area contributed by atoms with Gasteiger partial charge < -0.3 is 16.0 Å². The predicted molar refractivity (Wildman–Crippen MR) is 75.9 cm³/mol. The van der Waals surface area contributed by atoms with E-state index in [4.69, 9.17) is 5.73 Å². The van der Waals surface area contributed by atoms with Crippen LogP contribution in [0.25, 0.3) is 10.9 Å². The van der Waals surface area contributed by atoms with E-state index in [0.717, 1.165) is 35.7 Å². The molecule has 3 rings (SSSR count). The van der Waals surface area contributed by atoms with E-state index in [0.29, 0.717) is 12.5 Å². The first-order valence-corrected chi connectivity index (χ1v) is 6.86. The van der Waals surface area contributed by atoms with Gasteiger partial charge in [-0.1, -0.05) is 12.5 Å². The maximum absolute atomic E-state index is 12.4. The SMILES string of the molecule is NCC1CCCC1NC(=O)c1cccc2[nH]ccc12. The van der Waals surface area contributed by atoms with E-state index in [9.17, 15) is 4.79 Å². The van der Waals surface area contributed by atoms with Gasteiger partial charge in [0.1, 0.15) is 0 Å². The number of amides is 1. The molecule has 4 N–H and O–H groups in total. The molecular weight excluding hydrogens is 238 g/mol. The summed E-state index contributed by atoms with van der Waals surface area (Å²) >= 11 is 0. The number of carbonyl (C=O) groups is 1. The highest BCUT2D eigenvalue weighted by atomic mass is 16.1. The fraction of sp³-hybridized carbons (Fsp3) is 0.400. The van der Waals surface area contributed by atoms with Gasteiger partial charge in [-0.15, -0.1) is 0 Å². The average Bonchev–Trinajstić information content (AvgIpc) is 3.05. The molecule has 2 aromatic rings. The van der Waals surface area contributed by atoms with Gasteiger partial charge in [0.05, 0.1) is 0 Å². The van der Waals surface area contributed by atoms with E-state index in [1.165, 1.54) is 0 Å². The maximum Gasteiger partial charge on any atom is 0.252 e. The fourth-order valence-electron chi connectivity index (χ4n) is 3.04. The van der Waals surface area contributed by atoms with Crippen LogP contribution in [0.4, 0.5) is 0 Å². The Labute approximate surface area is 112 Å². The van der Waals surface area contributed by atoms with E-state index in [-0.39, 0.29) is 11.9 Å². The summed E-state index contributed by atoms with van der Waals surface area (Å²) in [5, 5.41) is 4.12. The lowest BCUT2D eigenvalue weighted by Gasteiger charge is -2.19. The molecule has 0 radical (unpaired) electrons. The molecule has 0 aliphatic heterocycles. The van der Waals surface area contributed by atoms with Crippen molar-refractivity contribution in [3.63, 3.8) is 0 Å². The summed E-state index contributed by atoms with van der Waals surface area (Å²) in [5.41, 5.74) is 7.49. The van der Waals surface area contributed by atoms with Crippen molar-refractivity contribution < 1.29 is 4.79 Å². The first-order valence-electron chi connectivity index (χ1n) is 6.86. The Bertz CT molecular complexity index is 590. The second-order valence-corrected chi connectivity index (χ2v) is 5.25. The highest BCUT2D eigenvalue weighted by molar-refractivity contribution is 6.06. The molecular formula is C15H19N3O. The van der Waals surface area contributed by atoms with E-state index >= 15 is 0 Å². The molecule has 2 unspecified atom stereocenters. The Kier molecular flexibility index (Phi) is 3.25. The molecule has 1 aromatic carbocycles. The second-order valence-electron chi connectivity index (χ2n) is 5.25. The summed E-state index contributed by atoms with van der Waals surface area (Å²) in [7, 11) is 0. The van der Waals surface area contributed by atoms with Crippen molar-refractivity contribution in [3.05, 3.63) is 36.0 Å². The second kappa shape index (κ2) is 5.05. The third-order valence-electron chi connectivity index (χ3n) is 4.12. The number of benzene rings is 1. The molecule has 1 amide bonds. The summed E-state index contributed by atoms with van der Waals surface area (Å²) in [6.45, 7) is 0.652. The highest BCUT2D eigenvalue weighted by Gasteiger charge is 2.27. The first-order chi connectivity index (χ1) is 9.29. The van der Waals surface area contributed by atoms with Crippen molar-refractivity contribution in [2.24, 2.45) is 11.7 Å². The van der Waals surface area contributed by atoms with Crippen LogP contribution in [0.1, 0.15) is 29.6 Å². The molecule has 0 spiro atoms. The topological polar surface area (TPSA) is 70.9 Å². The van der Waals surface area contributed by atoms with Crippen LogP contribution in [-0.2, 0) is 0 Å². The lowest BCUT2D eigenvalue weighted by molar-refractivity contribution is 0.0930. The lowest BCUT2D eigenvalue weighted by atomic mass is 10.0. The highest BCUT2D eigenvalue weighted by Crippen LogP contribution is 2.25. The summed E-state index contributed by atoms with van der Waals surface area (Å²) in [6.07, 6.45) is 5.17. The average molecular weight is 257 g/mol. The van der Waals surface area contributed by atoms with Crippen molar-refractivity contribution in [3.8, 4) is 0 Å². The maximum atomic E-state index is 12.4. The van der Waals surface area contributed by atoms with Crippen molar-refractivity contribution in [1.82, 2.24) is 10.3 Å². The van der Waals surface area contributed by atoms with Crippen LogP contribution in [0.5, 0.6) is 0 Å². The molecule has 100 valence electrons. The van der Waals surface area contributed by atoms with E-state index < -0.39 is 0 Å². The number of H-pyrrole nitrogens is 1. The predicted octanol–water partition coefficient (Wildman–Crippen LogP) is 2.03. The Morgan fingerprint density at radius 3 is 3.11 bits per heavy atom. The minimum atomic E-state index is 0.00977. The van der Waals surface area contributed by atoms with E-state index in [2.05, 4.69) is 10.3 Å². The molecule has 0 saturated heterocycles.